The number of aromatic nitrogens is 1. The number of piperidine rings is 2. The first-order valence-electron chi connectivity index (χ1n) is 14.4. The molecule has 3 aromatic rings. The molecule has 9 nitrogen and oxygen atoms in total. The van der Waals surface area contributed by atoms with Crippen molar-refractivity contribution in [3.8, 4) is 16.9 Å². The number of methoxy groups -OCH3 is 1. The number of benzene rings is 2. The van der Waals surface area contributed by atoms with Crippen molar-refractivity contribution in [2.45, 2.75) is 44.8 Å². The molecule has 0 bridgehead atoms. The van der Waals surface area contributed by atoms with Crippen LogP contribution in [0, 0.1) is 11.7 Å². The van der Waals surface area contributed by atoms with Gasteiger partial charge in [-0.25, -0.2) is 9.37 Å². The van der Waals surface area contributed by atoms with Gasteiger partial charge in [-0.2, -0.15) is 0 Å². The lowest BCUT2D eigenvalue weighted by atomic mass is 9.96. The van der Waals surface area contributed by atoms with Gasteiger partial charge in [0.25, 0.3) is 5.91 Å². The van der Waals surface area contributed by atoms with Crippen LogP contribution in [0.15, 0.2) is 54.7 Å². The average molecular weight is 572 g/mol. The Morgan fingerprint density at radius 2 is 1.88 bits per heavy atom. The van der Waals surface area contributed by atoms with Crippen molar-refractivity contribution < 1.29 is 23.5 Å². The van der Waals surface area contributed by atoms with Gasteiger partial charge in [0.1, 0.15) is 11.8 Å². The zero-order valence-corrected chi connectivity index (χ0v) is 23.6. The average Bonchev–Trinajstić information content (AvgIpc) is 3.32. The number of anilines is 1. The summed E-state index contributed by atoms with van der Waals surface area (Å²) in [6.07, 6.45) is 4.19. The molecule has 2 aromatic carbocycles. The molecule has 2 N–H and O–H groups in total. The number of nitrogens with zero attached hydrogens (tertiary/aromatic N) is 3. The highest BCUT2D eigenvalue weighted by Gasteiger charge is 2.39. The first kappa shape index (κ1) is 27.8. The minimum absolute atomic E-state index is 0.161. The summed E-state index contributed by atoms with van der Waals surface area (Å²) >= 11 is 0. The number of hydrogen-bond donors (Lipinski definition) is 2. The summed E-state index contributed by atoms with van der Waals surface area (Å²) in [6, 6.07) is 14.3. The van der Waals surface area contributed by atoms with Crippen molar-refractivity contribution in [1.82, 2.24) is 20.5 Å². The topological polar surface area (TPSA) is 104 Å². The zero-order chi connectivity index (χ0) is 29.2. The van der Waals surface area contributed by atoms with Gasteiger partial charge in [0.05, 0.1) is 7.11 Å². The van der Waals surface area contributed by atoms with Crippen LogP contribution in [0.25, 0.3) is 11.1 Å². The molecule has 0 radical (unpaired) electrons. The van der Waals surface area contributed by atoms with Gasteiger partial charge in [0.2, 0.25) is 11.8 Å². The highest BCUT2D eigenvalue weighted by molar-refractivity contribution is 6.05. The van der Waals surface area contributed by atoms with E-state index in [1.54, 1.807) is 24.3 Å². The summed E-state index contributed by atoms with van der Waals surface area (Å²) in [5.74, 6) is 0.415. The highest BCUT2D eigenvalue weighted by atomic mass is 19.1. The van der Waals surface area contributed by atoms with Crippen LogP contribution in [-0.4, -0.2) is 60.4 Å². The number of rotatable bonds is 8. The number of nitrogens with one attached hydrogen (secondary N) is 2. The number of fused-ring (bicyclic) bond motifs is 1. The van der Waals surface area contributed by atoms with Crippen LogP contribution in [0.2, 0.25) is 0 Å². The molecule has 6 rings (SSSR count). The van der Waals surface area contributed by atoms with Crippen LogP contribution in [0.4, 0.5) is 10.2 Å². The predicted octanol–water partition coefficient (Wildman–Crippen LogP) is 3.66. The van der Waals surface area contributed by atoms with Gasteiger partial charge in [-0.05, 0) is 72.7 Å². The molecular formula is C32H34FN5O4. The Bertz CT molecular complexity index is 1520. The Balaban J connectivity index is 0.988. The fourth-order valence-electron chi connectivity index (χ4n) is 6.13. The highest BCUT2D eigenvalue weighted by Crippen LogP contribution is 2.30. The van der Waals surface area contributed by atoms with E-state index in [2.05, 4.69) is 15.6 Å². The molecule has 2 fully saturated rings. The number of halogens is 1. The minimum Gasteiger partial charge on any atom is -0.497 e. The quantitative estimate of drug-likeness (QED) is 0.398. The first-order valence-corrected chi connectivity index (χ1v) is 14.4. The summed E-state index contributed by atoms with van der Waals surface area (Å²) < 4.78 is 20.3. The molecule has 0 spiro atoms. The van der Waals surface area contributed by atoms with E-state index in [0.717, 1.165) is 54.9 Å². The third kappa shape index (κ3) is 5.72. The summed E-state index contributed by atoms with van der Waals surface area (Å²) in [6.45, 7) is 3.37. The van der Waals surface area contributed by atoms with Crippen LogP contribution in [0.3, 0.4) is 0 Å². The number of imide groups is 1. The Hall–Kier alpha value is -4.31. The van der Waals surface area contributed by atoms with Crippen LogP contribution >= 0.6 is 0 Å². The second-order valence-corrected chi connectivity index (χ2v) is 11.2. The number of amides is 3. The molecule has 1 unspecified atom stereocenters. The van der Waals surface area contributed by atoms with E-state index in [0.29, 0.717) is 42.4 Å². The SMILES string of the molecule is COc1cccc(-c2cnc(N3CCC(CNCc4ccc5c(c4)CN(C4CCC(=O)NC4=O)C5=O)CC3)c(F)c2)c1. The fraction of sp³-hybridized carbons (Fsp3) is 0.375. The number of carbonyl (C=O) groups is 3. The molecule has 218 valence electrons. The van der Waals surface area contributed by atoms with Crippen LogP contribution in [0.1, 0.15) is 47.2 Å². The van der Waals surface area contributed by atoms with Gasteiger partial charge in [-0.3, -0.25) is 19.7 Å². The molecule has 3 amide bonds. The van der Waals surface area contributed by atoms with E-state index >= 15 is 4.39 Å². The summed E-state index contributed by atoms with van der Waals surface area (Å²) in [5.41, 5.74) is 4.18. The third-order valence-electron chi connectivity index (χ3n) is 8.49. The minimum atomic E-state index is -0.607. The van der Waals surface area contributed by atoms with E-state index in [1.807, 2.05) is 47.4 Å². The van der Waals surface area contributed by atoms with Gasteiger partial charge in [-0.1, -0.05) is 24.3 Å². The molecule has 42 heavy (non-hydrogen) atoms. The lowest BCUT2D eigenvalue weighted by Crippen LogP contribution is -2.52. The van der Waals surface area contributed by atoms with Gasteiger partial charge in [0.15, 0.2) is 11.6 Å². The lowest BCUT2D eigenvalue weighted by Gasteiger charge is -2.33. The maximum atomic E-state index is 15.1. The van der Waals surface area contributed by atoms with E-state index in [1.165, 1.54) is 0 Å². The smallest absolute Gasteiger partial charge is 0.255 e. The molecule has 0 saturated carbocycles. The van der Waals surface area contributed by atoms with E-state index in [-0.39, 0.29) is 24.1 Å². The number of hydrogen-bond acceptors (Lipinski definition) is 7. The van der Waals surface area contributed by atoms with Gasteiger partial charge in [-0.15, -0.1) is 0 Å². The lowest BCUT2D eigenvalue weighted by molar-refractivity contribution is -0.136. The number of carbonyl (C=O) groups excluding carboxylic acids is 3. The summed E-state index contributed by atoms with van der Waals surface area (Å²) in [4.78, 5) is 44.8. The molecule has 0 aliphatic carbocycles. The third-order valence-corrected chi connectivity index (χ3v) is 8.49. The Labute approximate surface area is 244 Å². The normalized spacial score (nSPS) is 19.2. The molecule has 4 heterocycles. The van der Waals surface area contributed by atoms with Crippen LogP contribution in [-0.2, 0) is 22.7 Å². The van der Waals surface area contributed by atoms with Crippen molar-refractivity contribution in [2.24, 2.45) is 5.92 Å². The zero-order valence-electron chi connectivity index (χ0n) is 23.6. The fourth-order valence-corrected chi connectivity index (χ4v) is 6.13. The molecule has 10 heteroatoms. The van der Waals surface area contributed by atoms with Crippen molar-refractivity contribution >= 4 is 23.5 Å². The van der Waals surface area contributed by atoms with Crippen molar-refractivity contribution in [1.29, 1.82) is 0 Å². The standard InChI is InChI=1S/C32H34FN5O4/c1-42-25-4-2-3-22(14-25)23-15-27(33)30(35-18-23)37-11-9-20(10-12-37)16-34-17-21-5-6-26-24(13-21)19-38(32(26)41)28-7-8-29(39)36-31(28)40/h2-6,13-15,18,20,28,34H,7-12,16-17,19H2,1H3,(H,36,39,40). The van der Waals surface area contributed by atoms with Crippen molar-refractivity contribution in [3.05, 3.63) is 77.2 Å². The van der Waals surface area contributed by atoms with E-state index in [4.69, 9.17) is 4.74 Å². The molecule has 3 aliphatic rings. The monoisotopic (exact) mass is 571 g/mol. The molecule has 1 aromatic heterocycles. The van der Waals surface area contributed by atoms with Crippen molar-refractivity contribution in [2.75, 3.05) is 31.6 Å². The van der Waals surface area contributed by atoms with Crippen LogP contribution in [0.5, 0.6) is 5.75 Å². The van der Waals surface area contributed by atoms with Crippen LogP contribution < -0.4 is 20.3 Å². The Morgan fingerprint density at radius 3 is 2.64 bits per heavy atom. The second kappa shape index (κ2) is 11.9. The summed E-state index contributed by atoms with van der Waals surface area (Å²) in [5, 5.41) is 5.88. The van der Waals surface area contributed by atoms with Gasteiger partial charge in [0, 0.05) is 49.9 Å². The number of pyridine rings is 1. The Kier molecular flexibility index (Phi) is 7.88. The molecule has 1 atom stereocenters. The second-order valence-electron chi connectivity index (χ2n) is 11.2. The van der Waals surface area contributed by atoms with E-state index < -0.39 is 11.9 Å². The molecule has 3 aliphatic heterocycles. The van der Waals surface area contributed by atoms with Gasteiger partial charge >= 0.3 is 0 Å². The Morgan fingerprint density at radius 1 is 1.05 bits per heavy atom. The maximum absolute atomic E-state index is 15.1. The van der Waals surface area contributed by atoms with Crippen molar-refractivity contribution in [3.63, 3.8) is 0 Å². The molecule has 2 saturated heterocycles. The first-order chi connectivity index (χ1) is 20.4. The molecular weight excluding hydrogens is 537 g/mol. The summed E-state index contributed by atoms with van der Waals surface area (Å²) in [7, 11) is 1.61. The van der Waals surface area contributed by atoms with E-state index in [9.17, 15) is 14.4 Å². The largest absolute Gasteiger partial charge is 0.497 e. The van der Waals surface area contributed by atoms with Gasteiger partial charge < -0.3 is 19.9 Å². The predicted molar refractivity (Wildman–Crippen MR) is 155 cm³/mol. The number of ether oxygens (including phenoxy) is 1. The maximum Gasteiger partial charge on any atom is 0.255 e.